The van der Waals surface area contributed by atoms with E-state index in [0.717, 1.165) is 19.3 Å². The number of piperazine rings is 1. The fourth-order valence-corrected chi connectivity index (χ4v) is 4.38. The van der Waals surface area contributed by atoms with Gasteiger partial charge in [0.2, 0.25) is 15.9 Å². The highest BCUT2D eigenvalue weighted by molar-refractivity contribution is 7.89. The van der Waals surface area contributed by atoms with Gasteiger partial charge in [0.05, 0.1) is 23.1 Å². The summed E-state index contributed by atoms with van der Waals surface area (Å²) in [6.45, 7) is 4.69. The third-order valence-corrected chi connectivity index (χ3v) is 6.48. The van der Waals surface area contributed by atoms with Crippen molar-refractivity contribution < 1.29 is 12.9 Å². The van der Waals surface area contributed by atoms with E-state index < -0.39 is 10.0 Å². The lowest BCUT2D eigenvalue weighted by Gasteiger charge is -2.33. The molecule has 9 heteroatoms. The van der Waals surface area contributed by atoms with Gasteiger partial charge < -0.3 is 4.52 Å². The number of rotatable bonds is 7. The largest absolute Gasteiger partial charge is 0.339 e. The summed E-state index contributed by atoms with van der Waals surface area (Å²) >= 11 is 0. The molecule has 0 radical (unpaired) electrons. The molecule has 3 rings (SSSR count). The Morgan fingerprint density at radius 2 is 1.89 bits per heavy atom. The maximum Gasteiger partial charge on any atom is 0.243 e. The molecule has 0 spiro atoms. The zero-order chi connectivity index (χ0) is 19.3. The van der Waals surface area contributed by atoms with Gasteiger partial charge in [0, 0.05) is 32.6 Å². The Kier molecular flexibility index (Phi) is 6.21. The molecule has 1 saturated heterocycles. The summed E-state index contributed by atoms with van der Waals surface area (Å²) < 4.78 is 32.2. The van der Waals surface area contributed by atoms with E-state index in [0.29, 0.717) is 50.0 Å². The van der Waals surface area contributed by atoms with Gasteiger partial charge in [-0.3, -0.25) is 4.90 Å². The van der Waals surface area contributed by atoms with Crippen molar-refractivity contribution in [2.24, 2.45) is 0 Å². The first-order valence-corrected chi connectivity index (χ1v) is 10.5. The number of hydrogen-bond donors (Lipinski definition) is 0. The Morgan fingerprint density at radius 3 is 2.52 bits per heavy atom. The highest BCUT2D eigenvalue weighted by Crippen LogP contribution is 2.19. The molecule has 0 bridgehead atoms. The average Bonchev–Trinajstić information content (AvgIpc) is 3.14. The summed E-state index contributed by atoms with van der Waals surface area (Å²) in [6.07, 6.45) is 2.89. The standard InChI is InChI=1S/C18H23N5O3S/c1-2-3-4-18-20-17(21-26-18)14-22-9-11-23(12-10-22)27(24,25)16-7-5-15(13-19)6-8-16/h5-8H,2-4,9-12,14H2,1H3. The van der Waals surface area contributed by atoms with E-state index in [2.05, 4.69) is 22.0 Å². The van der Waals surface area contributed by atoms with Crippen molar-refractivity contribution in [2.75, 3.05) is 26.2 Å². The van der Waals surface area contributed by atoms with Crippen LogP contribution in [0, 0.1) is 11.3 Å². The van der Waals surface area contributed by atoms with Crippen LogP contribution in [-0.4, -0.2) is 53.9 Å². The molecule has 8 nitrogen and oxygen atoms in total. The lowest BCUT2D eigenvalue weighted by molar-refractivity contribution is 0.176. The highest BCUT2D eigenvalue weighted by Gasteiger charge is 2.28. The number of aromatic nitrogens is 2. The van der Waals surface area contributed by atoms with Gasteiger partial charge in [-0.1, -0.05) is 18.5 Å². The van der Waals surface area contributed by atoms with Crippen LogP contribution in [0.25, 0.3) is 0 Å². The maximum atomic E-state index is 12.7. The van der Waals surface area contributed by atoms with Crippen molar-refractivity contribution in [3.63, 3.8) is 0 Å². The zero-order valence-electron chi connectivity index (χ0n) is 15.3. The highest BCUT2D eigenvalue weighted by atomic mass is 32.2. The molecular formula is C18H23N5O3S. The van der Waals surface area contributed by atoms with Crippen molar-refractivity contribution in [3.8, 4) is 6.07 Å². The van der Waals surface area contributed by atoms with Gasteiger partial charge in [0.1, 0.15) is 0 Å². The number of nitriles is 1. The van der Waals surface area contributed by atoms with Crippen molar-refractivity contribution in [3.05, 3.63) is 41.5 Å². The van der Waals surface area contributed by atoms with Crippen molar-refractivity contribution in [2.45, 2.75) is 37.6 Å². The zero-order valence-corrected chi connectivity index (χ0v) is 16.2. The van der Waals surface area contributed by atoms with E-state index in [1.54, 1.807) is 0 Å². The fraction of sp³-hybridized carbons (Fsp3) is 0.500. The number of nitrogens with zero attached hydrogens (tertiary/aromatic N) is 5. The second kappa shape index (κ2) is 8.61. The predicted octanol–water partition coefficient (Wildman–Crippen LogP) is 1.79. The third-order valence-electron chi connectivity index (χ3n) is 4.57. The molecule has 1 aromatic carbocycles. The molecule has 1 aliphatic heterocycles. The van der Waals surface area contributed by atoms with Gasteiger partial charge in [0.25, 0.3) is 0 Å². The second-order valence-electron chi connectivity index (χ2n) is 6.52. The van der Waals surface area contributed by atoms with Gasteiger partial charge >= 0.3 is 0 Å². The minimum atomic E-state index is -3.54. The Balaban J connectivity index is 1.56. The van der Waals surface area contributed by atoms with Crippen LogP contribution in [-0.2, 0) is 23.0 Å². The molecule has 0 saturated carbocycles. The van der Waals surface area contributed by atoms with E-state index >= 15 is 0 Å². The van der Waals surface area contributed by atoms with Gasteiger partial charge in [-0.05, 0) is 30.7 Å². The van der Waals surface area contributed by atoms with Crippen LogP contribution < -0.4 is 0 Å². The summed E-state index contributed by atoms with van der Waals surface area (Å²) in [6, 6.07) is 8.01. The van der Waals surface area contributed by atoms with Gasteiger partial charge in [0.15, 0.2) is 5.82 Å². The molecule has 1 aromatic heterocycles. The average molecular weight is 389 g/mol. The van der Waals surface area contributed by atoms with Crippen LogP contribution >= 0.6 is 0 Å². The smallest absolute Gasteiger partial charge is 0.243 e. The van der Waals surface area contributed by atoms with E-state index in [4.69, 9.17) is 9.78 Å². The monoisotopic (exact) mass is 389 g/mol. The quantitative estimate of drug-likeness (QED) is 0.711. The first-order chi connectivity index (χ1) is 13.0. The van der Waals surface area contributed by atoms with Crippen LogP contribution in [0.4, 0.5) is 0 Å². The molecule has 0 aliphatic carbocycles. The van der Waals surface area contributed by atoms with Crippen LogP contribution in [0.2, 0.25) is 0 Å². The maximum absolute atomic E-state index is 12.7. The summed E-state index contributed by atoms with van der Waals surface area (Å²) in [4.78, 5) is 6.74. The summed E-state index contributed by atoms with van der Waals surface area (Å²) in [7, 11) is -3.54. The first-order valence-electron chi connectivity index (χ1n) is 9.07. The summed E-state index contributed by atoms with van der Waals surface area (Å²) in [5.74, 6) is 1.30. The first kappa shape index (κ1) is 19.5. The normalized spacial score (nSPS) is 16.3. The van der Waals surface area contributed by atoms with E-state index in [9.17, 15) is 8.42 Å². The van der Waals surface area contributed by atoms with Crippen LogP contribution in [0.1, 0.15) is 37.0 Å². The van der Waals surface area contributed by atoms with Gasteiger partial charge in [-0.25, -0.2) is 8.42 Å². The Hall–Kier alpha value is -2.28. The lowest BCUT2D eigenvalue weighted by atomic mass is 10.2. The number of benzene rings is 1. The predicted molar refractivity (Wildman–Crippen MR) is 98.1 cm³/mol. The Labute approximate surface area is 159 Å². The minimum absolute atomic E-state index is 0.216. The van der Waals surface area contributed by atoms with Crippen LogP contribution in [0.5, 0.6) is 0 Å². The third kappa shape index (κ3) is 4.71. The molecule has 0 unspecified atom stereocenters. The SMILES string of the molecule is CCCCc1nc(CN2CCN(S(=O)(=O)c3ccc(C#N)cc3)CC2)no1. The second-order valence-corrected chi connectivity index (χ2v) is 8.46. The van der Waals surface area contributed by atoms with E-state index in [-0.39, 0.29) is 4.90 Å². The van der Waals surface area contributed by atoms with Crippen LogP contribution in [0.3, 0.4) is 0 Å². The van der Waals surface area contributed by atoms with E-state index in [1.165, 1.54) is 28.6 Å². The molecule has 0 atom stereocenters. The minimum Gasteiger partial charge on any atom is -0.339 e. The fourth-order valence-electron chi connectivity index (χ4n) is 2.96. The molecular weight excluding hydrogens is 366 g/mol. The number of sulfonamides is 1. The molecule has 1 aliphatic rings. The number of unbranched alkanes of at least 4 members (excludes halogenated alkanes) is 1. The lowest BCUT2D eigenvalue weighted by Crippen LogP contribution is -2.48. The number of hydrogen-bond acceptors (Lipinski definition) is 7. The molecule has 0 N–H and O–H groups in total. The Morgan fingerprint density at radius 1 is 1.19 bits per heavy atom. The van der Waals surface area contributed by atoms with Crippen LogP contribution in [0.15, 0.2) is 33.7 Å². The summed E-state index contributed by atoms with van der Waals surface area (Å²) in [5.41, 5.74) is 0.442. The Bertz CT molecular complexity index is 894. The van der Waals surface area contributed by atoms with Crippen molar-refractivity contribution in [1.82, 2.24) is 19.3 Å². The summed E-state index contributed by atoms with van der Waals surface area (Å²) in [5, 5.41) is 12.9. The molecule has 2 aromatic rings. The van der Waals surface area contributed by atoms with Crippen molar-refractivity contribution in [1.29, 1.82) is 5.26 Å². The molecule has 2 heterocycles. The van der Waals surface area contributed by atoms with E-state index in [1.807, 2.05) is 6.07 Å². The molecule has 27 heavy (non-hydrogen) atoms. The van der Waals surface area contributed by atoms with Gasteiger partial charge in [-0.2, -0.15) is 14.6 Å². The molecule has 1 fully saturated rings. The molecule has 144 valence electrons. The number of aryl methyl sites for hydroxylation is 1. The van der Waals surface area contributed by atoms with Crippen molar-refractivity contribution >= 4 is 10.0 Å². The van der Waals surface area contributed by atoms with Gasteiger partial charge in [-0.15, -0.1) is 0 Å². The topological polar surface area (TPSA) is 103 Å². The molecule has 0 amide bonds.